The minimum atomic E-state index is -4.51. The van der Waals surface area contributed by atoms with E-state index in [1.807, 2.05) is 0 Å². The monoisotopic (exact) mass is 233 g/mol. The fraction of sp³-hybridized carbons (Fsp3) is 1.00. The average molecular weight is 233 g/mol. The number of hydrogen-bond acceptors (Lipinski definition) is 5. The second kappa shape index (κ2) is 3.50. The SMILES string of the molecule is C[N+](C)(CS(=O)(=O)[O-])CS(=O)(=O)O. The number of quaternary nitrogens is 1. The molecule has 0 bridgehead atoms. The Kier molecular flexibility index (Phi) is 3.44. The van der Waals surface area contributed by atoms with Crippen LogP contribution in [-0.2, 0) is 20.2 Å². The Balaban J connectivity index is 4.62. The van der Waals surface area contributed by atoms with Crippen molar-refractivity contribution in [2.75, 3.05) is 25.8 Å². The summed E-state index contributed by atoms with van der Waals surface area (Å²) >= 11 is 0. The van der Waals surface area contributed by atoms with Gasteiger partial charge in [-0.05, 0) is 0 Å². The molecule has 0 saturated heterocycles. The molecule has 0 aromatic carbocycles. The van der Waals surface area contributed by atoms with E-state index < -0.39 is 36.5 Å². The molecule has 0 fully saturated rings. The molecule has 13 heavy (non-hydrogen) atoms. The first-order chi connectivity index (χ1) is 5.41. The van der Waals surface area contributed by atoms with Crippen molar-refractivity contribution in [2.45, 2.75) is 0 Å². The molecule has 0 heterocycles. The number of hydrogen-bond donors (Lipinski definition) is 1. The van der Waals surface area contributed by atoms with Crippen LogP contribution in [0.25, 0.3) is 0 Å². The Morgan fingerprint density at radius 3 is 1.77 bits per heavy atom. The van der Waals surface area contributed by atoms with Gasteiger partial charge in [0.2, 0.25) is 5.88 Å². The largest absolute Gasteiger partial charge is 0.744 e. The molecule has 7 nitrogen and oxygen atoms in total. The molecule has 1 N–H and O–H groups in total. The maximum Gasteiger partial charge on any atom is 0.316 e. The standard InChI is InChI=1S/C4H11NO6S2/c1-5(2,3-12(6,7)8)4-13(9,10)11/h3-4H2,1-2H3,(H-,6,7,8,9,10,11). The van der Waals surface area contributed by atoms with Crippen molar-refractivity contribution < 1.29 is 30.4 Å². The third-order valence-electron chi connectivity index (χ3n) is 1.02. The normalized spacial score (nSPS) is 14.5. The summed E-state index contributed by atoms with van der Waals surface area (Å²) in [5.74, 6) is -1.69. The molecule has 0 rings (SSSR count). The molecular formula is C4H11NO6S2. The molecule has 0 spiro atoms. The number of rotatable bonds is 4. The van der Waals surface area contributed by atoms with Crippen LogP contribution in [0.3, 0.4) is 0 Å². The van der Waals surface area contributed by atoms with E-state index in [0.29, 0.717) is 0 Å². The van der Waals surface area contributed by atoms with Crippen molar-refractivity contribution in [3.8, 4) is 0 Å². The molecule has 0 aliphatic carbocycles. The van der Waals surface area contributed by atoms with Crippen LogP contribution in [0.15, 0.2) is 0 Å². The van der Waals surface area contributed by atoms with Crippen molar-refractivity contribution in [3.63, 3.8) is 0 Å². The lowest BCUT2D eigenvalue weighted by atomic mass is 10.8. The Bertz CT molecular complexity index is 329. The van der Waals surface area contributed by atoms with Gasteiger partial charge in [0.15, 0.2) is 5.88 Å². The Morgan fingerprint density at radius 2 is 1.54 bits per heavy atom. The van der Waals surface area contributed by atoms with Crippen molar-refractivity contribution >= 4 is 20.2 Å². The highest BCUT2D eigenvalue weighted by molar-refractivity contribution is 7.86. The van der Waals surface area contributed by atoms with Crippen LogP contribution in [0.4, 0.5) is 0 Å². The van der Waals surface area contributed by atoms with Gasteiger partial charge in [0.05, 0.1) is 14.1 Å². The van der Waals surface area contributed by atoms with Crippen molar-refractivity contribution in [3.05, 3.63) is 0 Å². The molecule has 0 aromatic rings. The van der Waals surface area contributed by atoms with E-state index in [1.54, 1.807) is 0 Å². The summed E-state index contributed by atoms with van der Waals surface area (Å²) in [6.07, 6.45) is 0. The molecule has 0 unspecified atom stereocenters. The predicted molar refractivity (Wildman–Crippen MR) is 43.1 cm³/mol. The summed E-state index contributed by atoms with van der Waals surface area (Å²) in [6.45, 7) is 0. The van der Waals surface area contributed by atoms with Crippen LogP contribution in [0.5, 0.6) is 0 Å². The molecular weight excluding hydrogens is 222 g/mol. The van der Waals surface area contributed by atoms with Crippen molar-refractivity contribution in [1.82, 2.24) is 0 Å². The Labute approximate surface area is 77.1 Å². The summed E-state index contributed by atoms with van der Waals surface area (Å²) in [7, 11) is -6.37. The van der Waals surface area contributed by atoms with Gasteiger partial charge in [-0.15, -0.1) is 0 Å². The van der Waals surface area contributed by atoms with E-state index >= 15 is 0 Å². The average Bonchev–Trinajstić information content (AvgIpc) is 1.43. The second-order valence-corrected chi connectivity index (χ2v) is 6.13. The van der Waals surface area contributed by atoms with Crippen molar-refractivity contribution in [1.29, 1.82) is 0 Å². The lowest BCUT2D eigenvalue weighted by Gasteiger charge is -2.28. The zero-order chi connectivity index (χ0) is 10.9. The summed E-state index contributed by atoms with van der Waals surface area (Å²) in [5, 5.41) is 0. The fourth-order valence-corrected chi connectivity index (χ4v) is 2.94. The van der Waals surface area contributed by atoms with Gasteiger partial charge in [0.1, 0.15) is 10.1 Å². The summed E-state index contributed by atoms with van der Waals surface area (Å²) in [4.78, 5) is 0. The van der Waals surface area contributed by atoms with Crippen LogP contribution in [-0.4, -0.2) is 56.3 Å². The first kappa shape index (κ1) is 12.8. The molecule has 9 heteroatoms. The lowest BCUT2D eigenvalue weighted by molar-refractivity contribution is -0.866. The van der Waals surface area contributed by atoms with Gasteiger partial charge in [0, 0.05) is 0 Å². The zero-order valence-corrected chi connectivity index (χ0v) is 8.80. The van der Waals surface area contributed by atoms with E-state index in [4.69, 9.17) is 4.55 Å². The second-order valence-electron chi connectivity index (χ2n) is 3.33. The van der Waals surface area contributed by atoms with Crippen LogP contribution < -0.4 is 0 Å². The highest BCUT2D eigenvalue weighted by atomic mass is 32.2. The van der Waals surface area contributed by atoms with Crippen molar-refractivity contribution in [2.24, 2.45) is 0 Å². The highest BCUT2D eigenvalue weighted by Gasteiger charge is 2.25. The highest BCUT2D eigenvalue weighted by Crippen LogP contribution is 2.03. The molecule has 0 saturated carbocycles. The maximum absolute atomic E-state index is 10.4. The molecule has 0 aromatic heterocycles. The predicted octanol–water partition coefficient (Wildman–Crippen LogP) is -1.59. The zero-order valence-electron chi connectivity index (χ0n) is 7.17. The van der Waals surface area contributed by atoms with E-state index in [-0.39, 0.29) is 0 Å². The Hall–Kier alpha value is -0.220. The van der Waals surface area contributed by atoms with Crippen LogP contribution >= 0.6 is 0 Å². The first-order valence-electron chi connectivity index (χ1n) is 3.12. The summed E-state index contributed by atoms with van der Waals surface area (Å²) in [5.41, 5.74) is 0. The lowest BCUT2D eigenvalue weighted by Crippen LogP contribution is -2.46. The fourth-order valence-electron chi connectivity index (χ4n) is 0.907. The molecule has 0 amide bonds. The van der Waals surface area contributed by atoms with E-state index in [9.17, 15) is 21.4 Å². The molecule has 0 radical (unpaired) electrons. The van der Waals surface area contributed by atoms with E-state index in [1.165, 1.54) is 14.1 Å². The van der Waals surface area contributed by atoms with Gasteiger partial charge < -0.3 is 9.04 Å². The third-order valence-corrected chi connectivity index (χ3v) is 3.06. The summed E-state index contributed by atoms with van der Waals surface area (Å²) < 4.78 is 59.4. The molecule has 0 aliphatic rings. The Morgan fingerprint density at radius 1 is 1.15 bits per heavy atom. The van der Waals surface area contributed by atoms with Gasteiger partial charge in [-0.25, -0.2) is 8.42 Å². The molecule has 0 aliphatic heterocycles. The smallest absolute Gasteiger partial charge is 0.316 e. The van der Waals surface area contributed by atoms with Gasteiger partial charge in [-0.3, -0.25) is 4.55 Å². The minimum absolute atomic E-state index is 0.620. The van der Waals surface area contributed by atoms with Gasteiger partial charge in [0.25, 0.3) is 0 Å². The van der Waals surface area contributed by atoms with Gasteiger partial charge in [-0.1, -0.05) is 0 Å². The minimum Gasteiger partial charge on any atom is -0.744 e. The van der Waals surface area contributed by atoms with Gasteiger partial charge >= 0.3 is 10.1 Å². The topological polar surface area (TPSA) is 112 Å². The quantitative estimate of drug-likeness (QED) is 0.463. The van der Waals surface area contributed by atoms with E-state index in [2.05, 4.69) is 0 Å². The maximum atomic E-state index is 10.4. The summed E-state index contributed by atoms with van der Waals surface area (Å²) in [6, 6.07) is 0. The first-order valence-corrected chi connectivity index (χ1v) is 6.31. The number of nitrogens with zero attached hydrogens (tertiary/aromatic N) is 1. The van der Waals surface area contributed by atoms with E-state index in [0.717, 1.165) is 0 Å². The van der Waals surface area contributed by atoms with Crippen LogP contribution in [0, 0.1) is 0 Å². The van der Waals surface area contributed by atoms with Crippen LogP contribution in [0.1, 0.15) is 0 Å². The van der Waals surface area contributed by atoms with Crippen LogP contribution in [0.2, 0.25) is 0 Å². The third kappa shape index (κ3) is 8.12. The molecule has 80 valence electrons. The molecule has 0 atom stereocenters. The van der Waals surface area contributed by atoms with Gasteiger partial charge in [-0.2, -0.15) is 8.42 Å².